The van der Waals surface area contributed by atoms with Crippen LogP contribution in [-0.4, -0.2) is 27.2 Å². The Morgan fingerprint density at radius 1 is 1.03 bits per heavy atom. The minimum atomic E-state index is -0.580. The summed E-state index contributed by atoms with van der Waals surface area (Å²) in [5.74, 6) is -0.322. The monoisotopic (exact) mass is 421 g/mol. The van der Waals surface area contributed by atoms with Crippen LogP contribution in [0.4, 0.5) is 10.5 Å². The van der Waals surface area contributed by atoms with E-state index in [9.17, 15) is 9.59 Å². The van der Waals surface area contributed by atoms with Crippen molar-refractivity contribution in [2.75, 3.05) is 5.32 Å². The number of rotatable bonds is 7. The van der Waals surface area contributed by atoms with Crippen LogP contribution in [-0.2, 0) is 27.3 Å². The van der Waals surface area contributed by atoms with Crippen LogP contribution >= 0.6 is 0 Å². The molecule has 7 heteroatoms. The van der Waals surface area contributed by atoms with Crippen LogP contribution in [0.5, 0.6) is 0 Å². The Balaban J connectivity index is 1.60. The van der Waals surface area contributed by atoms with E-state index in [1.54, 1.807) is 35.4 Å². The quantitative estimate of drug-likeness (QED) is 0.556. The average Bonchev–Trinajstić information content (AvgIpc) is 3.25. The third-order valence-electron chi connectivity index (χ3n) is 4.41. The number of amides is 1. The zero-order chi connectivity index (χ0) is 22.3. The number of carbonyl (C=O) groups excluding carboxylic acids is 2. The van der Waals surface area contributed by atoms with E-state index >= 15 is 0 Å². The maximum absolute atomic E-state index is 12.7. The topological polar surface area (TPSA) is 82.5 Å². The Hall–Kier alpha value is -3.61. The first-order chi connectivity index (χ1) is 14.8. The number of anilines is 1. The fourth-order valence-corrected chi connectivity index (χ4v) is 2.96. The number of esters is 1. The third-order valence-corrected chi connectivity index (χ3v) is 4.41. The predicted octanol–water partition coefficient (Wildman–Crippen LogP) is 4.76. The molecule has 0 aliphatic carbocycles. The van der Waals surface area contributed by atoms with Crippen LogP contribution in [0.25, 0.3) is 0 Å². The van der Waals surface area contributed by atoms with Gasteiger partial charge >= 0.3 is 12.1 Å². The molecule has 162 valence electrons. The minimum absolute atomic E-state index is 0.202. The van der Waals surface area contributed by atoms with E-state index in [2.05, 4.69) is 10.3 Å². The zero-order valence-corrected chi connectivity index (χ0v) is 17.9. The number of nitrogens with one attached hydrogen (secondary N) is 1. The number of ether oxygens (including phenoxy) is 2. The van der Waals surface area contributed by atoms with Gasteiger partial charge in [0.15, 0.2) is 0 Å². The highest BCUT2D eigenvalue weighted by Gasteiger charge is 2.26. The highest BCUT2D eigenvalue weighted by atomic mass is 16.6. The summed E-state index contributed by atoms with van der Waals surface area (Å²) in [7, 11) is 0. The molecule has 1 amide bonds. The number of benzene rings is 2. The largest absolute Gasteiger partial charge is 0.458 e. The molecule has 1 heterocycles. The fraction of sp³-hybridized carbons (Fsp3) is 0.292. The second-order valence-corrected chi connectivity index (χ2v) is 8.15. The summed E-state index contributed by atoms with van der Waals surface area (Å²) in [6.07, 6.45) is 4.89. The fourth-order valence-electron chi connectivity index (χ4n) is 2.96. The first kappa shape index (κ1) is 22.1. The predicted molar refractivity (Wildman–Crippen MR) is 118 cm³/mol. The van der Waals surface area contributed by atoms with Crippen molar-refractivity contribution >= 4 is 17.7 Å². The second-order valence-electron chi connectivity index (χ2n) is 8.15. The number of hydrogen-bond acceptors (Lipinski definition) is 5. The van der Waals surface area contributed by atoms with Gasteiger partial charge in [0, 0.05) is 24.5 Å². The number of imidazole rings is 1. The molecule has 0 bridgehead atoms. The second kappa shape index (κ2) is 9.93. The van der Waals surface area contributed by atoms with Crippen LogP contribution in [0.1, 0.15) is 37.9 Å². The molecule has 1 N–H and O–H groups in total. The van der Waals surface area contributed by atoms with Gasteiger partial charge in [0.05, 0.1) is 6.33 Å². The van der Waals surface area contributed by atoms with Crippen LogP contribution in [0, 0.1) is 0 Å². The van der Waals surface area contributed by atoms with Gasteiger partial charge in [0.2, 0.25) is 0 Å². The molecule has 1 atom stereocenters. The number of aromatic nitrogens is 2. The maximum Gasteiger partial charge on any atom is 0.411 e. The Morgan fingerprint density at radius 3 is 2.35 bits per heavy atom. The van der Waals surface area contributed by atoms with Gasteiger partial charge in [-0.2, -0.15) is 0 Å². The molecule has 1 aromatic heterocycles. The number of nitrogens with zero attached hydrogens (tertiary/aromatic N) is 2. The molecular formula is C24H27N3O4. The zero-order valence-electron chi connectivity index (χ0n) is 17.9. The summed E-state index contributed by atoms with van der Waals surface area (Å²) in [5, 5.41) is 2.71. The van der Waals surface area contributed by atoms with Crippen molar-refractivity contribution in [2.24, 2.45) is 0 Å². The first-order valence-electron chi connectivity index (χ1n) is 10.1. The van der Waals surface area contributed by atoms with Gasteiger partial charge in [-0.1, -0.05) is 42.5 Å². The van der Waals surface area contributed by atoms with Crippen molar-refractivity contribution in [3.63, 3.8) is 0 Å². The summed E-state index contributed by atoms with van der Waals surface area (Å²) in [4.78, 5) is 28.8. The summed E-state index contributed by atoms with van der Waals surface area (Å²) in [5.41, 5.74) is 1.87. The van der Waals surface area contributed by atoms with E-state index in [0.29, 0.717) is 12.1 Å². The van der Waals surface area contributed by atoms with Crippen LogP contribution in [0.3, 0.4) is 0 Å². The van der Waals surface area contributed by atoms with Crippen molar-refractivity contribution in [3.05, 3.63) is 84.4 Å². The Labute approximate surface area is 182 Å². The molecule has 0 unspecified atom stereocenters. The van der Waals surface area contributed by atoms with E-state index in [-0.39, 0.29) is 12.6 Å². The minimum Gasteiger partial charge on any atom is -0.458 e. The van der Waals surface area contributed by atoms with Gasteiger partial charge in [-0.15, -0.1) is 0 Å². The van der Waals surface area contributed by atoms with E-state index < -0.39 is 17.7 Å². The van der Waals surface area contributed by atoms with Gasteiger partial charge in [0.1, 0.15) is 18.2 Å². The number of carbonyl (C=O) groups is 2. The molecule has 7 nitrogen and oxygen atoms in total. The lowest BCUT2D eigenvalue weighted by Gasteiger charge is -2.24. The molecule has 0 spiro atoms. The maximum atomic E-state index is 12.7. The van der Waals surface area contributed by atoms with Crippen molar-refractivity contribution < 1.29 is 19.1 Å². The number of hydrogen-bond donors (Lipinski definition) is 1. The van der Waals surface area contributed by atoms with Crippen LogP contribution in [0.15, 0.2) is 73.3 Å². The highest BCUT2D eigenvalue weighted by Crippen LogP contribution is 2.21. The van der Waals surface area contributed by atoms with Crippen molar-refractivity contribution in [1.82, 2.24) is 9.55 Å². The van der Waals surface area contributed by atoms with Gasteiger partial charge in [0.25, 0.3) is 0 Å². The molecule has 0 fully saturated rings. The van der Waals surface area contributed by atoms with Gasteiger partial charge < -0.3 is 14.0 Å². The molecule has 3 rings (SSSR count). The Bertz CT molecular complexity index is 978. The van der Waals surface area contributed by atoms with Crippen molar-refractivity contribution in [1.29, 1.82) is 0 Å². The molecule has 0 saturated carbocycles. The molecule has 0 aliphatic rings. The molecule has 31 heavy (non-hydrogen) atoms. The molecule has 0 saturated heterocycles. The Morgan fingerprint density at radius 2 is 1.74 bits per heavy atom. The lowest BCUT2D eigenvalue weighted by Crippen LogP contribution is -2.31. The normalized spacial score (nSPS) is 12.1. The van der Waals surface area contributed by atoms with Crippen LogP contribution in [0.2, 0.25) is 0 Å². The first-order valence-corrected chi connectivity index (χ1v) is 10.1. The van der Waals surface area contributed by atoms with Crippen molar-refractivity contribution in [3.8, 4) is 0 Å². The van der Waals surface area contributed by atoms with E-state index in [1.165, 1.54) is 0 Å². The highest BCUT2D eigenvalue weighted by molar-refractivity contribution is 5.84. The molecule has 3 aromatic rings. The van der Waals surface area contributed by atoms with Gasteiger partial charge in [-0.25, -0.2) is 14.6 Å². The molecular weight excluding hydrogens is 394 g/mol. The van der Waals surface area contributed by atoms with Crippen LogP contribution < -0.4 is 5.32 Å². The third kappa shape index (κ3) is 6.99. The smallest absolute Gasteiger partial charge is 0.411 e. The summed E-state index contributed by atoms with van der Waals surface area (Å²) < 4.78 is 12.5. The van der Waals surface area contributed by atoms with Crippen molar-refractivity contribution in [2.45, 2.75) is 45.4 Å². The lowest BCUT2D eigenvalue weighted by atomic mass is 10.0. The SMILES string of the molecule is CC(C)(C)OC(=O)[C@H](Cc1ccc(NC(=O)OCc2ccccc2)cc1)n1ccnc1. The summed E-state index contributed by atoms with van der Waals surface area (Å²) >= 11 is 0. The Kier molecular flexibility index (Phi) is 7.07. The molecule has 0 radical (unpaired) electrons. The summed E-state index contributed by atoms with van der Waals surface area (Å²) in [6, 6.07) is 16.2. The van der Waals surface area contributed by atoms with E-state index in [1.807, 2.05) is 63.2 Å². The van der Waals surface area contributed by atoms with E-state index in [4.69, 9.17) is 9.47 Å². The average molecular weight is 421 g/mol. The molecule has 2 aromatic carbocycles. The molecule has 0 aliphatic heterocycles. The van der Waals surface area contributed by atoms with Gasteiger partial charge in [-0.3, -0.25) is 5.32 Å². The summed E-state index contributed by atoms with van der Waals surface area (Å²) in [6.45, 7) is 5.72. The lowest BCUT2D eigenvalue weighted by molar-refractivity contribution is -0.159. The standard InChI is InChI=1S/C24H27N3O4/c1-24(2,3)31-22(28)21(27-14-13-25-17-27)15-18-9-11-20(12-10-18)26-23(29)30-16-19-7-5-4-6-8-19/h4-14,17,21H,15-16H2,1-3H3,(H,26,29)/t21-/m0/s1. The van der Waals surface area contributed by atoms with E-state index in [0.717, 1.165) is 11.1 Å². The van der Waals surface area contributed by atoms with Gasteiger partial charge in [-0.05, 0) is 44.0 Å².